The van der Waals surface area contributed by atoms with Crippen LogP contribution in [0, 0.1) is 13.8 Å². The second-order valence-electron chi connectivity index (χ2n) is 10.3. The summed E-state index contributed by atoms with van der Waals surface area (Å²) in [6.07, 6.45) is 3.13. The van der Waals surface area contributed by atoms with E-state index in [1.54, 1.807) is 10.7 Å². The minimum Gasteiger partial charge on any atom is -0.490 e. The molecule has 2 amide bonds. The van der Waals surface area contributed by atoms with Crippen molar-refractivity contribution in [3.63, 3.8) is 0 Å². The fourth-order valence-electron chi connectivity index (χ4n) is 4.96. The van der Waals surface area contributed by atoms with Gasteiger partial charge in [0.2, 0.25) is 11.8 Å². The molecule has 2 aromatic rings. The third-order valence-corrected chi connectivity index (χ3v) is 7.71. The molecule has 0 unspecified atom stereocenters. The molecule has 10 heteroatoms. The average molecular weight is 532 g/mol. The maximum atomic E-state index is 13.4. The van der Waals surface area contributed by atoms with Crippen LogP contribution in [-0.2, 0) is 27.8 Å². The summed E-state index contributed by atoms with van der Waals surface area (Å²) >= 11 is 6.18. The Kier molecular flexibility index (Phi) is 8.77. The number of piperazine rings is 1. The third-order valence-electron chi connectivity index (χ3n) is 7.29. The van der Waals surface area contributed by atoms with Gasteiger partial charge in [-0.2, -0.15) is 5.10 Å². The summed E-state index contributed by atoms with van der Waals surface area (Å²) in [5, 5.41) is 5.04. The van der Waals surface area contributed by atoms with Crippen LogP contribution in [0.25, 0.3) is 0 Å². The van der Waals surface area contributed by atoms with Gasteiger partial charge in [0.1, 0.15) is 18.0 Å². The van der Waals surface area contributed by atoms with Crippen LogP contribution in [0.15, 0.2) is 24.4 Å². The highest BCUT2D eigenvalue weighted by Gasteiger charge is 2.42. The van der Waals surface area contributed by atoms with Crippen LogP contribution < -0.4 is 4.74 Å². The van der Waals surface area contributed by atoms with Gasteiger partial charge in [-0.05, 0) is 56.6 Å². The van der Waals surface area contributed by atoms with Crippen LogP contribution in [0.3, 0.4) is 0 Å². The number of rotatable bonds is 8. The van der Waals surface area contributed by atoms with E-state index in [-0.39, 0.29) is 24.8 Å². The van der Waals surface area contributed by atoms with Crippen molar-refractivity contribution in [1.29, 1.82) is 0 Å². The molecule has 0 aliphatic carbocycles. The second-order valence-corrected chi connectivity index (χ2v) is 10.7. The molecule has 37 heavy (non-hydrogen) atoms. The van der Waals surface area contributed by atoms with Crippen molar-refractivity contribution < 1.29 is 19.1 Å². The fraction of sp³-hybridized carbons (Fsp3) is 0.593. The monoisotopic (exact) mass is 531 g/mol. The quantitative estimate of drug-likeness (QED) is 0.520. The standard InChI is InChI=1S/C27H38ClN5O4/c1-20-15-23(6-7-24(20)28)36-19-27(16-26(35)32-11-9-30(3)10-12-32)18-33(13-14-37-27)25(34)8-5-22-17-31(4)29-21(22)2/h6-7,15,17H,5,8-14,16,18-19H2,1-4H3/t27-/m1/s1. The molecule has 1 aromatic heterocycles. The first kappa shape index (κ1) is 27.4. The molecule has 0 bridgehead atoms. The number of carbonyl (C=O) groups is 2. The highest BCUT2D eigenvalue weighted by Crippen LogP contribution is 2.28. The van der Waals surface area contributed by atoms with Crippen molar-refractivity contribution in [2.24, 2.45) is 7.05 Å². The van der Waals surface area contributed by atoms with E-state index in [4.69, 9.17) is 21.1 Å². The van der Waals surface area contributed by atoms with Crippen molar-refractivity contribution in [3.05, 3.63) is 46.2 Å². The van der Waals surface area contributed by atoms with Gasteiger partial charge in [0.15, 0.2) is 0 Å². The summed E-state index contributed by atoms with van der Waals surface area (Å²) in [7, 11) is 3.94. The minimum absolute atomic E-state index is 0.0317. The predicted molar refractivity (Wildman–Crippen MR) is 142 cm³/mol. The van der Waals surface area contributed by atoms with E-state index in [0.717, 1.165) is 29.9 Å². The molecular weight excluding hydrogens is 494 g/mol. The first-order valence-corrected chi connectivity index (χ1v) is 13.3. The topological polar surface area (TPSA) is 80.1 Å². The van der Waals surface area contributed by atoms with Gasteiger partial charge in [-0.25, -0.2) is 0 Å². The van der Waals surface area contributed by atoms with Crippen molar-refractivity contribution in [2.75, 3.05) is 59.5 Å². The van der Waals surface area contributed by atoms with E-state index >= 15 is 0 Å². The number of hydrogen-bond donors (Lipinski definition) is 0. The molecule has 2 saturated heterocycles. The van der Waals surface area contributed by atoms with Crippen LogP contribution in [0.4, 0.5) is 0 Å². The summed E-state index contributed by atoms with van der Waals surface area (Å²) in [6, 6.07) is 5.49. The third kappa shape index (κ3) is 7.03. The maximum absolute atomic E-state index is 13.4. The van der Waals surface area contributed by atoms with Crippen molar-refractivity contribution >= 4 is 23.4 Å². The second kappa shape index (κ2) is 11.8. The summed E-state index contributed by atoms with van der Waals surface area (Å²) < 4.78 is 14.2. The lowest BCUT2D eigenvalue weighted by molar-refractivity contribution is -0.166. The van der Waals surface area contributed by atoms with Gasteiger partial charge < -0.3 is 24.2 Å². The Hall–Kier alpha value is -2.62. The van der Waals surface area contributed by atoms with Crippen molar-refractivity contribution in [3.8, 4) is 5.75 Å². The van der Waals surface area contributed by atoms with Gasteiger partial charge in [-0.1, -0.05) is 11.6 Å². The highest BCUT2D eigenvalue weighted by atomic mass is 35.5. The molecule has 9 nitrogen and oxygen atoms in total. The first-order chi connectivity index (χ1) is 17.6. The van der Waals surface area contributed by atoms with E-state index in [1.165, 1.54) is 0 Å². The molecule has 2 fully saturated rings. The lowest BCUT2D eigenvalue weighted by atomic mass is 9.96. The Morgan fingerprint density at radius 3 is 2.51 bits per heavy atom. The number of amides is 2. The zero-order chi connectivity index (χ0) is 26.6. The number of carbonyl (C=O) groups excluding carboxylic acids is 2. The normalized spacial score (nSPS) is 20.8. The molecule has 0 radical (unpaired) electrons. The molecule has 1 aromatic carbocycles. The number of nitrogens with zero attached hydrogens (tertiary/aromatic N) is 5. The molecule has 2 aliphatic heterocycles. The van der Waals surface area contributed by atoms with Gasteiger partial charge in [0.25, 0.3) is 0 Å². The van der Waals surface area contributed by atoms with Crippen LogP contribution >= 0.6 is 11.6 Å². The van der Waals surface area contributed by atoms with E-state index in [2.05, 4.69) is 17.0 Å². The number of benzene rings is 1. The van der Waals surface area contributed by atoms with Gasteiger partial charge in [-0.15, -0.1) is 0 Å². The predicted octanol–water partition coefficient (Wildman–Crippen LogP) is 2.46. The summed E-state index contributed by atoms with van der Waals surface area (Å²) in [5.41, 5.74) is 2.00. The number of morpholine rings is 1. The SMILES string of the molecule is Cc1cc(OC[C@@]2(CC(=O)N3CCN(C)CC3)CN(C(=O)CCc3cn(C)nc3C)CCO2)ccc1Cl. The average Bonchev–Trinajstić information content (AvgIpc) is 3.20. The number of halogens is 1. The molecule has 0 spiro atoms. The van der Waals surface area contributed by atoms with Gasteiger partial charge in [0.05, 0.1) is 25.3 Å². The number of likely N-dealkylation sites (N-methyl/N-ethyl adjacent to an activating group) is 1. The van der Waals surface area contributed by atoms with Crippen molar-refractivity contribution in [2.45, 2.75) is 38.7 Å². The zero-order valence-electron chi connectivity index (χ0n) is 22.3. The zero-order valence-corrected chi connectivity index (χ0v) is 23.1. The Morgan fingerprint density at radius 2 is 1.84 bits per heavy atom. The lowest BCUT2D eigenvalue weighted by Gasteiger charge is -2.43. The Morgan fingerprint density at radius 1 is 1.08 bits per heavy atom. The number of ether oxygens (including phenoxy) is 2. The summed E-state index contributed by atoms with van der Waals surface area (Å²) in [6.45, 7) is 8.28. The van der Waals surface area contributed by atoms with Crippen LogP contribution in [0.2, 0.25) is 5.02 Å². The minimum atomic E-state index is -0.925. The van der Waals surface area contributed by atoms with Crippen LogP contribution in [0.5, 0.6) is 5.75 Å². The first-order valence-electron chi connectivity index (χ1n) is 12.9. The number of aryl methyl sites for hydroxylation is 4. The van der Waals surface area contributed by atoms with Gasteiger partial charge in [0, 0.05) is 57.4 Å². The van der Waals surface area contributed by atoms with E-state index in [0.29, 0.717) is 56.4 Å². The van der Waals surface area contributed by atoms with E-state index in [1.807, 2.05) is 49.0 Å². The van der Waals surface area contributed by atoms with Gasteiger partial charge in [-0.3, -0.25) is 14.3 Å². The molecule has 1 atom stereocenters. The van der Waals surface area contributed by atoms with Crippen LogP contribution in [0.1, 0.15) is 29.7 Å². The molecular formula is C27H38ClN5O4. The number of hydrogen-bond acceptors (Lipinski definition) is 6. The smallest absolute Gasteiger partial charge is 0.225 e. The largest absolute Gasteiger partial charge is 0.490 e. The molecule has 202 valence electrons. The maximum Gasteiger partial charge on any atom is 0.225 e. The molecule has 0 N–H and O–H groups in total. The Balaban J connectivity index is 1.46. The van der Waals surface area contributed by atoms with Gasteiger partial charge >= 0.3 is 0 Å². The Labute approximate surface area is 224 Å². The number of aromatic nitrogens is 2. The summed E-state index contributed by atoms with van der Waals surface area (Å²) in [5.74, 6) is 0.738. The summed E-state index contributed by atoms with van der Waals surface area (Å²) in [4.78, 5) is 32.5. The molecule has 4 rings (SSSR count). The fourth-order valence-corrected chi connectivity index (χ4v) is 5.08. The van der Waals surface area contributed by atoms with E-state index < -0.39 is 5.60 Å². The van der Waals surface area contributed by atoms with E-state index in [9.17, 15) is 9.59 Å². The lowest BCUT2D eigenvalue weighted by Crippen LogP contribution is -2.59. The van der Waals surface area contributed by atoms with Crippen molar-refractivity contribution in [1.82, 2.24) is 24.5 Å². The molecule has 0 saturated carbocycles. The highest BCUT2D eigenvalue weighted by molar-refractivity contribution is 6.31. The Bertz CT molecular complexity index is 1110. The van der Waals surface area contributed by atoms with Crippen LogP contribution in [-0.4, -0.2) is 101 Å². The molecule has 3 heterocycles. The molecule has 2 aliphatic rings.